The monoisotopic (exact) mass is 247 g/mol. The van der Waals surface area contributed by atoms with Crippen LogP contribution in [0.5, 0.6) is 11.5 Å². The lowest BCUT2D eigenvalue weighted by molar-refractivity contribution is 0.171. The summed E-state index contributed by atoms with van der Waals surface area (Å²) in [6, 6.07) is 4.35. The molecule has 1 heterocycles. The summed E-state index contributed by atoms with van der Waals surface area (Å²) in [4.78, 5) is 0. The first-order chi connectivity index (χ1) is 8.66. The molecule has 0 spiro atoms. The van der Waals surface area contributed by atoms with Gasteiger partial charge in [0.1, 0.15) is 13.2 Å². The Labute approximate surface area is 109 Å². The number of ether oxygens (including phenoxy) is 2. The molecule has 1 unspecified atom stereocenters. The van der Waals surface area contributed by atoms with Crippen molar-refractivity contribution in [2.75, 3.05) is 13.2 Å². The molecular formula is C15H21NO2. The van der Waals surface area contributed by atoms with Gasteiger partial charge in [0.2, 0.25) is 0 Å². The third-order valence-corrected chi connectivity index (χ3v) is 3.02. The average molecular weight is 247 g/mol. The highest BCUT2D eigenvalue weighted by Gasteiger charge is 2.12. The fourth-order valence-electron chi connectivity index (χ4n) is 1.96. The lowest BCUT2D eigenvalue weighted by Gasteiger charge is -2.19. The average Bonchev–Trinajstić information content (AvgIpc) is 2.34. The second kappa shape index (κ2) is 5.91. The molecule has 1 atom stereocenters. The second-order valence-electron chi connectivity index (χ2n) is 4.81. The van der Waals surface area contributed by atoms with Gasteiger partial charge in [0.05, 0.1) is 0 Å². The molecule has 1 aliphatic rings. The van der Waals surface area contributed by atoms with E-state index >= 15 is 0 Å². The summed E-state index contributed by atoms with van der Waals surface area (Å²) in [5, 5.41) is 0. The minimum Gasteiger partial charge on any atom is -0.486 e. The summed E-state index contributed by atoms with van der Waals surface area (Å²) >= 11 is 0. The van der Waals surface area contributed by atoms with E-state index in [1.807, 2.05) is 19.1 Å². The predicted octanol–water partition coefficient (Wildman–Crippen LogP) is 2.91. The molecule has 98 valence electrons. The Morgan fingerprint density at radius 1 is 1.28 bits per heavy atom. The van der Waals surface area contributed by atoms with Gasteiger partial charge in [-0.1, -0.05) is 12.2 Å². The molecule has 3 nitrogen and oxygen atoms in total. The Morgan fingerprint density at radius 3 is 2.61 bits per heavy atom. The highest BCUT2D eigenvalue weighted by Crippen LogP contribution is 2.33. The SMILES string of the molecule is Cc1cc2c(cc1/C=C/CCC(C)N)OCCO2. The lowest BCUT2D eigenvalue weighted by atomic mass is 10.1. The molecular weight excluding hydrogens is 226 g/mol. The number of rotatable bonds is 4. The highest BCUT2D eigenvalue weighted by atomic mass is 16.6. The lowest BCUT2D eigenvalue weighted by Crippen LogP contribution is -2.15. The maximum Gasteiger partial charge on any atom is 0.161 e. The van der Waals surface area contributed by atoms with E-state index in [0.29, 0.717) is 13.2 Å². The quantitative estimate of drug-likeness (QED) is 0.889. The van der Waals surface area contributed by atoms with E-state index in [-0.39, 0.29) is 6.04 Å². The summed E-state index contributed by atoms with van der Waals surface area (Å²) in [5.74, 6) is 1.70. The van der Waals surface area contributed by atoms with Crippen LogP contribution in [0.4, 0.5) is 0 Å². The van der Waals surface area contributed by atoms with Crippen LogP contribution >= 0.6 is 0 Å². The van der Waals surface area contributed by atoms with Gasteiger partial charge in [-0.3, -0.25) is 0 Å². The molecule has 1 aromatic carbocycles. The van der Waals surface area contributed by atoms with E-state index in [9.17, 15) is 0 Å². The van der Waals surface area contributed by atoms with Crippen molar-refractivity contribution in [1.82, 2.24) is 0 Å². The number of hydrogen-bond donors (Lipinski definition) is 1. The van der Waals surface area contributed by atoms with E-state index < -0.39 is 0 Å². The Morgan fingerprint density at radius 2 is 1.94 bits per heavy atom. The molecule has 18 heavy (non-hydrogen) atoms. The number of fused-ring (bicyclic) bond motifs is 1. The number of aryl methyl sites for hydroxylation is 1. The van der Waals surface area contributed by atoms with Crippen molar-refractivity contribution in [3.8, 4) is 11.5 Å². The van der Waals surface area contributed by atoms with Crippen LogP contribution in [0, 0.1) is 6.92 Å². The first-order valence-corrected chi connectivity index (χ1v) is 6.49. The normalized spacial score (nSPS) is 15.9. The summed E-state index contributed by atoms with van der Waals surface area (Å²) < 4.78 is 11.1. The zero-order chi connectivity index (χ0) is 13.0. The van der Waals surface area contributed by atoms with Gasteiger partial charge in [-0.15, -0.1) is 0 Å². The molecule has 0 aromatic heterocycles. The zero-order valence-corrected chi connectivity index (χ0v) is 11.1. The van der Waals surface area contributed by atoms with E-state index in [0.717, 1.165) is 24.3 Å². The minimum atomic E-state index is 0.260. The molecule has 0 aliphatic carbocycles. The fourth-order valence-corrected chi connectivity index (χ4v) is 1.96. The summed E-state index contributed by atoms with van der Waals surface area (Å²) in [6.45, 7) is 5.38. The van der Waals surface area contributed by atoms with Crippen LogP contribution in [0.3, 0.4) is 0 Å². The van der Waals surface area contributed by atoms with Crippen molar-refractivity contribution in [2.45, 2.75) is 32.7 Å². The summed E-state index contributed by atoms with van der Waals surface area (Å²) in [7, 11) is 0. The number of allylic oxidation sites excluding steroid dienone is 1. The Balaban J connectivity index is 2.08. The Kier molecular flexibility index (Phi) is 4.26. The van der Waals surface area contributed by atoms with Crippen LogP contribution in [-0.4, -0.2) is 19.3 Å². The van der Waals surface area contributed by atoms with Gasteiger partial charge in [-0.05, 0) is 49.9 Å². The highest BCUT2D eigenvalue weighted by molar-refractivity contribution is 5.60. The van der Waals surface area contributed by atoms with Crippen molar-refractivity contribution in [2.24, 2.45) is 5.73 Å². The third kappa shape index (κ3) is 3.26. The van der Waals surface area contributed by atoms with Crippen LogP contribution < -0.4 is 15.2 Å². The minimum absolute atomic E-state index is 0.260. The van der Waals surface area contributed by atoms with Crippen LogP contribution in [0.2, 0.25) is 0 Å². The molecule has 0 amide bonds. The van der Waals surface area contributed by atoms with Crippen molar-refractivity contribution in [3.63, 3.8) is 0 Å². The Bertz CT molecular complexity index is 438. The predicted molar refractivity (Wildman–Crippen MR) is 74.1 cm³/mol. The van der Waals surface area contributed by atoms with Gasteiger partial charge in [0.15, 0.2) is 11.5 Å². The third-order valence-electron chi connectivity index (χ3n) is 3.02. The van der Waals surface area contributed by atoms with Crippen molar-refractivity contribution in [1.29, 1.82) is 0 Å². The van der Waals surface area contributed by atoms with E-state index in [4.69, 9.17) is 15.2 Å². The maximum atomic E-state index is 5.72. The van der Waals surface area contributed by atoms with Gasteiger partial charge in [0.25, 0.3) is 0 Å². The molecule has 3 heteroatoms. The van der Waals surface area contributed by atoms with Crippen LogP contribution in [0.1, 0.15) is 30.9 Å². The zero-order valence-electron chi connectivity index (χ0n) is 11.1. The maximum absolute atomic E-state index is 5.72. The van der Waals surface area contributed by atoms with Crippen molar-refractivity contribution in [3.05, 3.63) is 29.3 Å². The molecule has 0 saturated heterocycles. The van der Waals surface area contributed by atoms with Crippen LogP contribution in [0.25, 0.3) is 6.08 Å². The number of hydrogen-bond acceptors (Lipinski definition) is 3. The molecule has 0 saturated carbocycles. The molecule has 0 radical (unpaired) electrons. The van der Waals surface area contributed by atoms with E-state index in [2.05, 4.69) is 19.1 Å². The second-order valence-corrected chi connectivity index (χ2v) is 4.81. The molecule has 0 fully saturated rings. The smallest absolute Gasteiger partial charge is 0.161 e. The largest absolute Gasteiger partial charge is 0.486 e. The molecule has 2 N–H and O–H groups in total. The van der Waals surface area contributed by atoms with Gasteiger partial charge < -0.3 is 15.2 Å². The molecule has 0 bridgehead atoms. The van der Waals surface area contributed by atoms with Gasteiger partial charge in [-0.2, -0.15) is 0 Å². The number of benzene rings is 1. The van der Waals surface area contributed by atoms with E-state index in [1.54, 1.807) is 0 Å². The van der Waals surface area contributed by atoms with Gasteiger partial charge in [-0.25, -0.2) is 0 Å². The Hall–Kier alpha value is -1.48. The first kappa shape index (κ1) is 13.0. The summed E-state index contributed by atoms with van der Waals surface area (Å²) in [5.41, 5.74) is 8.11. The first-order valence-electron chi connectivity index (χ1n) is 6.49. The van der Waals surface area contributed by atoms with E-state index in [1.165, 1.54) is 11.1 Å². The molecule has 2 rings (SSSR count). The molecule has 1 aromatic rings. The van der Waals surface area contributed by atoms with Crippen LogP contribution in [0.15, 0.2) is 18.2 Å². The van der Waals surface area contributed by atoms with Crippen molar-refractivity contribution < 1.29 is 9.47 Å². The van der Waals surface area contributed by atoms with Gasteiger partial charge >= 0.3 is 0 Å². The molecule has 1 aliphatic heterocycles. The summed E-state index contributed by atoms with van der Waals surface area (Å²) in [6.07, 6.45) is 6.32. The van der Waals surface area contributed by atoms with Gasteiger partial charge in [0, 0.05) is 6.04 Å². The standard InChI is InChI=1S/C15H21NO2/c1-11-9-14-15(18-8-7-17-14)10-13(11)6-4-3-5-12(2)16/h4,6,9-10,12H,3,5,7-8,16H2,1-2H3/b6-4+. The van der Waals surface area contributed by atoms with Crippen molar-refractivity contribution >= 4 is 6.08 Å². The fraction of sp³-hybridized carbons (Fsp3) is 0.467. The topological polar surface area (TPSA) is 44.5 Å². The number of nitrogens with two attached hydrogens (primary N) is 1. The van der Waals surface area contributed by atoms with Crippen LogP contribution in [-0.2, 0) is 0 Å².